The lowest BCUT2D eigenvalue weighted by Crippen LogP contribution is -2.22. The predicted molar refractivity (Wildman–Crippen MR) is 123 cm³/mol. The molecule has 0 N–H and O–H groups in total. The van der Waals surface area contributed by atoms with Gasteiger partial charge in [-0.3, -0.25) is 4.79 Å². The molecule has 3 atom stereocenters. The number of esters is 2. The number of carbonyl (C=O) groups is 2. The first-order valence-corrected chi connectivity index (χ1v) is 11.0. The van der Waals surface area contributed by atoms with Crippen molar-refractivity contribution >= 4 is 11.9 Å². The van der Waals surface area contributed by atoms with Gasteiger partial charge in [-0.2, -0.15) is 5.26 Å². The molecule has 1 aliphatic carbocycles. The number of ether oxygens (including phenoxy) is 3. The lowest BCUT2D eigenvalue weighted by Gasteiger charge is -2.17. The van der Waals surface area contributed by atoms with Gasteiger partial charge < -0.3 is 14.2 Å². The summed E-state index contributed by atoms with van der Waals surface area (Å²) in [7, 11) is 0. The largest absolute Gasteiger partial charge is 0.457 e. The van der Waals surface area contributed by atoms with Crippen molar-refractivity contribution in [3.05, 3.63) is 72.1 Å². The van der Waals surface area contributed by atoms with Gasteiger partial charge in [0.25, 0.3) is 0 Å². The molecule has 2 aromatic carbocycles. The van der Waals surface area contributed by atoms with Crippen LogP contribution in [0.15, 0.2) is 60.7 Å². The highest BCUT2D eigenvalue weighted by Gasteiger charge is 2.61. The first kappa shape index (κ1) is 25.0. The fourth-order valence-electron chi connectivity index (χ4n) is 3.74. The number of nitrogens with zero attached hydrogens (tertiary/aromatic N) is 1. The van der Waals surface area contributed by atoms with Crippen LogP contribution in [-0.4, -0.2) is 17.5 Å². The molecule has 0 saturated heterocycles. The summed E-state index contributed by atoms with van der Waals surface area (Å²) in [5.74, 6) is -2.07. The van der Waals surface area contributed by atoms with Crippen LogP contribution in [0.5, 0.6) is 11.5 Å². The molecule has 0 radical (unpaired) electrons. The van der Waals surface area contributed by atoms with Crippen LogP contribution in [0.2, 0.25) is 0 Å². The SMILES string of the molecule is CC(C)(C)OC(=O)/C=C\[C@H]1[C@@H](C(=O)O[C@H](C#N)c2ccc(F)c(Oc3ccccc3)c2)C1(C)C. The highest BCUT2D eigenvalue weighted by Crippen LogP contribution is 2.59. The smallest absolute Gasteiger partial charge is 0.330 e. The minimum atomic E-state index is -1.24. The summed E-state index contributed by atoms with van der Waals surface area (Å²) < 4.78 is 30.6. The normalized spacial score (nSPS) is 19.7. The van der Waals surface area contributed by atoms with Crippen molar-refractivity contribution < 1.29 is 28.2 Å². The summed E-state index contributed by atoms with van der Waals surface area (Å²) in [4.78, 5) is 24.8. The van der Waals surface area contributed by atoms with E-state index in [4.69, 9.17) is 14.2 Å². The Morgan fingerprint density at radius 2 is 1.82 bits per heavy atom. The molecule has 34 heavy (non-hydrogen) atoms. The van der Waals surface area contributed by atoms with E-state index in [1.807, 2.05) is 19.9 Å². The van der Waals surface area contributed by atoms with Crippen molar-refractivity contribution in [1.82, 2.24) is 0 Å². The Bertz CT molecular complexity index is 1130. The van der Waals surface area contributed by atoms with Crippen LogP contribution in [-0.2, 0) is 19.1 Å². The van der Waals surface area contributed by atoms with Crippen molar-refractivity contribution in [2.75, 3.05) is 0 Å². The molecule has 7 heteroatoms. The van der Waals surface area contributed by atoms with E-state index in [0.717, 1.165) is 0 Å². The van der Waals surface area contributed by atoms with Gasteiger partial charge in [0.15, 0.2) is 11.6 Å². The lowest BCUT2D eigenvalue weighted by molar-refractivity contribution is -0.150. The lowest BCUT2D eigenvalue weighted by atomic mass is 10.1. The Labute approximate surface area is 198 Å². The van der Waals surface area contributed by atoms with Crippen molar-refractivity contribution in [1.29, 1.82) is 5.26 Å². The first-order valence-electron chi connectivity index (χ1n) is 11.0. The van der Waals surface area contributed by atoms with Crippen molar-refractivity contribution in [3.63, 3.8) is 0 Å². The van der Waals surface area contributed by atoms with Crippen molar-refractivity contribution in [3.8, 4) is 17.6 Å². The monoisotopic (exact) mass is 465 g/mol. The number of nitriles is 1. The molecule has 1 saturated carbocycles. The Morgan fingerprint density at radius 3 is 2.44 bits per heavy atom. The maximum absolute atomic E-state index is 14.3. The second-order valence-corrected chi connectivity index (χ2v) is 9.77. The summed E-state index contributed by atoms with van der Waals surface area (Å²) in [5.41, 5.74) is -0.765. The van der Waals surface area contributed by atoms with E-state index in [-0.39, 0.29) is 11.7 Å². The van der Waals surface area contributed by atoms with Gasteiger partial charge in [-0.15, -0.1) is 0 Å². The second-order valence-electron chi connectivity index (χ2n) is 9.77. The topological polar surface area (TPSA) is 85.6 Å². The van der Waals surface area contributed by atoms with Crippen LogP contribution in [0.1, 0.15) is 46.3 Å². The molecule has 0 unspecified atom stereocenters. The zero-order chi connectivity index (χ0) is 25.1. The molecule has 0 amide bonds. The van der Waals surface area contributed by atoms with Crippen LogP contribution >= 0.6 is 0 Å². The molecule has 0 aromatic heterocycles. The van der Waals surface area contributed by atoms with Crippen LogP contribution in [0.25, 0.3) is 0 Å². The molecular weight excluding hydrogens is 437 g/mol. The summed E-state index contributed by atoms with van der Waals surface area (Å²) in [5, 5.41) is 9.62. The number of benzene rings is 2. The van der Waals surface area contributed by atoms with E-state index < -0.39 is 40.8 Å². The molecule has 3 rings (SSSR count). The van der Waals surface area contributed by atoms with Crippen LogP contribution in [0, 0.1) is 34.4 Å². The molecular formula is C27H28FNO5. The summed E-state index contributed by atoms with van der Waals surface area (Å²) >= 11 is 0. The number of hydrogen-bond donors (Lipinski definition) is 0. The zero-order valence-electron chi connectivity index (χ0n) is 19.9. The fourth-order valence-corrected chi connectivity index (χ4v) is 3.74. The van der Waals surface area contributed by atoms with E-state index in [1.165, 1.54) is 24.3 Å². The number of rotatable bonds is 7. The Morgan fingerprint density at radius 1 is 1.15 bits per heavy atom. The molecule has 178 valence electrons. The highest BCUT2D eigenvalue weighted by atomic mass is 19.1. The van der Waals surface area contributed by atoms with Gasteiger partial charge in [0.05, 0.1) is 5.92 Å². The molecule has 1 aliphatic rings. The number of halogens is 1. The summed E-state index contributed by atoms with van der Waals surface area (Å²) in [6.07, 6.45) is 1.73. The van der Waals surface area contributed by atoms with Crippen molar-refractivity contribution in [2.45, 2.75) is 46.3 Å². The van der Waals surface area contributed by atoms with Crippen LogP contribution in [0.4, 0.5) is 4.39 Å². The van der Waals surface area contributed by atoms with Crippen LogP contribution < -0.4 is 4.74 Å². The molecule has 1 fully saturated rings. The Hall–Kier alpha value is -3.66. The third kappa shape index (κ3) is 6.02. The summed E-state index contributed by atoms with van der Waals surface area (Å²) in [6, 6.07) is 14.5. The zero-order valence-corrected chi connectivity index (χ0v) is 19.9. The van der Waals surface area contributed by atoms with Crippen molar-refractivity contribution in [2.24, 2.45) is 17.3 Å². The third-order valence-electron chi connectivity index (χ3n) is 5.59. The van der Waals surface area contributed by atoms with Gasteiger partial charge in [0.2, 0.25) is 6.10 Å². The van der Waals surface area contributed by atoms with E-state index >= 15 is 0 Å². The number of hydrogen-bond acceptors (Lipinski definition) is 6. The van der Waals surface area contributed by atoms with E-state index in [2.05, 4.69) is 0 Å². The maximum Gasteiger partial charge on any atom is 0.330 e. The van der Waals surface area contributed by atoms with E-state index in [0.29, 0.717) is 11.3 Å². The van der Waals surface area contributed by atoms with E-state index in [9.17, 15) is 19.2 Å². The molecule has 2 aromatic rings. The maximum atomic E-state index is 14.3. The molecule has 0 aliphatic heterocycles. The molecule has 6 nitrogen and oxygen atoms in total. The molecule has 0 spiro atoms. The average Bonchev–Trinajstić information content (AvgIpc) is 3.32. The van der Waals surface area contributed by atoms with Gasteiger partial charge in [-0.25, -0.2) is 9.18 Å². The Balaban J connectivity index is 1.70. The fraction of sp³-hybridized carbons (Fsp3) is 0.370. The molecule has 0 heterocycles. The first-order chi connectivity index (χ1) is 15.9. The molecule has 0 bridgehead atoms. The second kappa shape index (κ2) is 9.68. The van der Waals surface area contributed by atoms with Gasteiger partial charge in [-0.05, 0) is 56.4 Å². The quantitative estimate of drug-likeness (QED) is 0.374. The van der Waals surface area contributed by atoms with Gasteiger partial charge in [0, 0.05) is 11.6 Å². The van der Waals surface area contributed by atoms with Gasteiger partial charge in [-0.1, -0.05) is 44.2 Å². The minimum absolute atomic E-state index is 0.0788. The van der Waals surface area contributed by atoms with Crippen LogP contribution in [0.3, 0.4) is 0 Å². The number of para-hydroxylation sites is 1. The average molecular weight is 466 g/mol. The highest BCUT2D eigenvalue weighted by molar-refractivity contribution is 5.83. The van der Waals surface area contributed by atoms with Gasteiger partial charge >= 0.3 is 11.9 Å². The predicted octanol–water partition coefficient (Wildman–Crippen LogP) is 5.90. The van der Waals surface area contributed by atoms with E-state index in [1.54, 1.807) is 57.2 Å². The van der Waals surface area contributed by atoms with Gasteiger partial charge in [0.1, 0.15) is 17.4 Å². The standard InChI is InChI=1S/C27H28FNO5/c1-26(2,3)34-23(30)14-12-19-24(27(19,4)5)25(31)33-22(16-29)17-11-13-20(28)21(15-17)32-18-9-7-6-8-10-18/h6-15,19,22,24H,1-5H3/b14-12-/t19-,22+,24-/m0/s1. The Kier molecular flexibility index (Phi) is 7.11. The number of carbonyl (C=O) groups excluding carboxylic acids is 2. The third-order valence-corrected chi connectivity index (χ3v) is 5.59. The number of allylic oxidation sites excluding steroid dienone is 1. The summed E-state index contributed by atoms with van der Waals surface area (Å²) in [6.45, 7) is 9.08. The minimum Gasteiger partial charge on any atom is -0.457 e.